The van der Waals surface area contributed by atoms with Crippen molar-refractivity contribution in [2.45, 2.75) is 13.0 Å². The van der Waals surface area contributed by atoms with Crippen LogP contribution in [0.2, 0.25) is 10.0 Å². The van der Waals surface area contributed by atoms with Gasteiger partial charge in [0.15, 0.2) is 0 Å². The third-order valence-electron chi connectivity index (χ3n) is 1.76. The van der Waals surface area contributed by atoms with Crippen LogP contribution in [-0.2, 0) is 0 Å². The van der Waals surface area contributed by atoms with Crippen LogP contribution in [0.3, 0.4) is 0 Å². The molecule has 1 rings (SSSR count). The van der Waals surface area contributed by atoms with Crippen molar-refractivity contribution >= 4 is 34.9 Å². The number of halogens is 2. The minimum atomic E-state index is -0.323. The molecular formula is C10H13Cl2N3O. The summed E-state index contributed by atoms with van der Waals surface area (Å²) in [5.41, 5.74) is 6.08. The Labute approximate surface area is 104 Å². The molecule has 0 aliphatic rings. The van der Waals surface area contributed by atoms with Crippen molar-refractivity contribution < 1.29 is 4.79 Å². The van der Waals surface area contributed by atoms with Crippen molar-refractivity contribution in [1.82, 2.24) is 5.32 Å². The molecule has 6 heteroatoms. The molecule has 2 amide bonds. The van der Waals surface area contributed by atoms with Crippen LogP contribution < -0.4 is 16.4 Å². The third kappa shape index (κ3) is 4.26. The lowest BCUT2D eigenvalue weighted by Crippen LogP contribution is -2.37. The molecule has 0 spiro atoms. The number of urea groups is 1. The summed E-state index contributed by atoms with van der Waals surface area (Å²) in [5.74, 6) is 0. The van der Waals surface area contributed by atoms with E-state index in [0.29, 0.717) is 22.3 Å². The lowest BCUT2D eigenvalue weighted by molar-refractivity contribution is 0.251. The predicted octanol–water partition coefficient (Wildman–Crippen LogP) is 2.46. The summed E-state index contributed by atoms with van der Waals surface area (Å²) in [6, 6.07) is 4.45. The lowest BCUT2D eigenvalue weighted by atomic mass is 10.3. The molecule has 0 aliphatic heterocycles. The first-order valence-electron chi connectivity index (χ1n) is 4.74. The SMILES string of the molecule is CC(N)CNC(=O)Nc1ccc(Cl)c(Cl)c1. The van der Waals surface area contributed by atoms with Gasteiger partial charge in [-0.2, -0.15) is 0 Å². The summed E-state index contributed by atoms with van der Waals surface area (Å²) >= 11 is 11.5. The Morgan fingerprint density at radius 2 is 2.12 bits per heavy atom. The zero-order valence-electron chi connectivity index (χ0n) is 8.76. The molecule has 0 aliphatic carbocycles. The maximum Gasteiger partial charge on any atom is 0.319 e. The topological polar surface area (TPSA) is 67.1 Å². The van der Waals surface area contributed by atoms with E-state index in [4.69, 9.17) is 28.9 Å². The normalized spacial score (nSPS) is 12.0. The maximum atomic E-state index is 11.4. The molecule has 0 saturated heterocycles. The smallest absolute Gasteiger partial charge is 0.319 e. The molecule has 0 aromatic heterocycles. The molecule has 4 N–H and O–H groups in total. The van der Waals surface area contributed by atoms with Gasteiger partial charge in [0.25, 0.3) is 0 Å². The molecule has 0 fully saturated rings. The molecule has 0 bridgehead atoms. The number of benzene rings is 1. The first-order chi connectivity index (χ1) is 7.49. The summed E-state index contributed by atoms with van der Waals surface area (Å²) in [6.45, 7) is 2.21. The van der Waals surface area contributed by atoms with Crippen LogP contribution in [0.5, 0.6) is 0 Å². The van der Waals surface area contributed by atoms with Crippen molar-refractivity contribution in [2.75, 3.05) is 11.9 Å². The number of nitrogens with two attached hydrogens (primary N) is 1. The van der Waals surface area contributed by atoms with E-state index >= 15 is 0 Å². The molecular weight excluding hydrogens is 249 g/mol. The van der Waals surface area contributed by atoms with Crippen LogP contribution >= 0.6 is 23.2 Å². The average Bonchev–Trinajstić information content (AvgIpc) is 2.21. The van der Waals surface area contributed by atoms with E-state index in [2.05, 4.69) is 10.6 Å². The highest BCUT2D eigenvalue weighted by molar-refractivity contribution is 6.42. The van der Waals surface area contributed by atoms with E-state index in [1.807, 2.05) is 0 Å². The molecule has 1 unspecified atom stereocenters. The number of carbonyl (C=O) groups excluding carboxylic acids is 1. The molecule has 16 heavy (non-hydrogen) atoms. The van der Waals surface area contributed by atoms with Gasteiger partial charge < -0.3 is 16.4 Å². The second-order valence-corrected chi connectivity index (χ2v) is 4.26. The van der Waals surface area contributed by atoms with Gasteiger partial charge in [0.05, 0.1) is 10.0 Å². The second kappa shape index (κ2) is 5.94. The lowest BCUT2D eigenvalue weighted by Gasteiger charge is -2.09. The van der Waals surface area contributed by atoms with E-state index in [0.717, 1.165) is 0 Å². The second-order valence-electron chi connectivity index (χ2n) is 3.44. The van der Waals surface area contributed by atoms with Crippen LogP contribution in [-0.4, -0.2) is 18.6 Å². The van der Waals surface area contributed by atoms with Crippen molar-refractivity contribution in [3.8, 4) is 0 Å². The molecule has 1 aromatic carbocycles. The number of carbonyl (C=O) groups is 1. The summed E-state index contributed by atoms with van der Waals surface area (Å²) in [7, 11) is 0. The zero-order valence-corrected chi connectivity index (χ0v) is 10.3. The third-order valence-corrected chi connectivity index (χ3v) is 2.50. The summed E-state index contributed by atoms with van der Waals surface area (Å²) in [4.78, 5) is 11.4. The Morgan fingerprint density at radius 3 is 2.69 bits per heavy atom. The minimum Gasteiger partial charge on any atom is -0.336 e. The minimum absolute atomic E-state index is 0.0837. The Bertz CT molecular complexity index is 382. The Hall–Kier alpha value is -0.970. The van der Waals surface area contributed by atoms with Crippen molar-refractivity contribution in [3.05, 3.63) is 28.2 Å². The Morgan fingerprint density at radius 1 is 1.44 bits per heavy atom. The molecule has 88 valence electrons. The van der Waals surface area contributed by atoms with Gasteiger partial charge in [-0.1, -0.05) is 23.2 Å². The number of nitrogens with one attached hydrogen (secondary N) is 2. The highest BCUT2D eigenvalue weighted by Crippen LogP contribution is 2.24. The van der Waals surface area contributed by atoms with Crippen LogP contribution in [0.15, 0.2) is 18.2 Å². The average molecular weight is 262 g/mol. The number of anilines is 1. The standard InChI is InChI=1S/C10H13Cl2N3O/c1-6(13)5-14-10(16)15-7-2-3-8(11)9(12)4-7/h2-4,6H,5,13H2,1H3,(H2,14,15,16). The van der Waals surface area contributed by atoms with Crippen molar-refractivity contribution in [1.29, 1.82) is 0 Å². The van der Waals surface area contributed by atoms with Gasteiger partial charge >= 0.3 is 6.03 Å². The number of hydrogen-bond acceptors (Lipinski definition) is 2. The Balaban J connectivity index is 2.53. The fourth-order valence-corrected chi connectivity index (χ4v) is 1.30. The first kappa shape index (κ1) is 13.1. The van der Waals surface area contributed by atoms with Gasteiger partial charge in [0.1, 0.15) is 0 Å². The van der Waals surface area contributed by atoms with Crippen molar-refractivity contribution in [3.63, 3.8) is 0 Å². The van der Waals surface area contributed by atoms with Gasteiger partial charge in [-0.3, -0.25) is 0 Å². The van der Waals surface area contributed by atoms with E-state index in [9.17, 15) is 4.79 Å². The first-order valence-corrected chi connectivity index (χ1v) is 5.50. The van der Waals surface area contributed by atoms with Gasteiger partial charge in [-0.05, 0) is 25.1 Å². The molecule has 0 radical (unpaired) electrons. The zero-order chi connectivity index (χ0) is 12.1. The van der Waals surface area contributed by atoms with Crippen molar-refractivity contribution in [2.24, 2.45) is 5.73 Å². The Kier molecular flexibility index (Phi) is 4.86. The summed E-state index contributed by atoms with van der Waals surface area (Å²) in [5, 5.41) is 6.07. The van der Waals surface area contributed by atoms with E-state index in [1.165, 1.54) is 0 Å². The molecule has 1 aromatic rings. The monoisotopic (exact) mass is 261 g/mol. The van der Waals surface area contributed by atoms with Gasteiger partial charge in [-0.25, -0.2) is 4.79 Å². The van der Waals surface area contributed by atoms with Crippen LogP contribution in [0.1, 0.15) is 6.92 Å². The quantitative estimate of drug-likeness (QED) is 0.783. The maximum absolute atomic E-state index is 11.4. The molecule has 0 saturated carbocycles. The highest BCUT2D eigenvalue weighted by atomic mass is 35.5. The van der Waals surface area contributed by atoms with Gasteiger partial charge in [0, 0.05) is 18.3 Å². The highest BCUT2D eigenvalue weighted by Gasteiger charge is 2.04. The van der Waals surface area contributed by atoms with E-state index < -0.39 is 0 Å². The van der Waals surface area contributed by atoms with Crippen LogP contribution in [0.4, 0.5) is 10.5 Å². The summed E-state index contributed by atoms with van der Waals surface area (Å²) in [6.07, 6.45) is 0. The van der Waals surface area contributed by atoms with Gasteiger partial charge in [0.2, 0.25) is 0 Å². The fraction of sp³-hybridized carbons (Fsp3) is 0.300. The van der Waals surface area contributed by atoms with Gasteiger partial charge in [-0.15, -0.1) is 0 Å². The summed E-state index contributed by atoms with van der Waals surface area (Å²) < 4.78 is 0. The number of hydrogen-bond donors (Lipinski definition) is 3. The largest absolute Gasteiger partial charge is 0.336 e. The predicted molar refractivity (Wildman–Crippen MR) is 67.1 cm³/mol. The fourth-order valence-electron chi connectivity index (χ4n) is 1.00. The number of amides is 2. The molecule has 4 nitrogen and oxygen atoms in total. The van der Waals surface area contributed by atoms with Crippen LogP contribution in [0.25, 0.3) is 0 Å². The molecule has 0 heterocycles. The van der Waals surface area contributed by atoms with Crippen LogP contribution in [0, 0.1) is 0 Å². The number of rotatable bonds is 3. The molecule has 1 atom stereocenters. The van der Waals surface area contributed by atoms with E-state index in [-0.39, 0.29) is 12.1 Å². The van der Waals surface area contributed by atoms with E-state index in [1.54, 1.807) is 25.1 Å².